The molecule has 6 rings (SSSR count). The van der Waals surface area contributed by atoms with Gasteiger partial charge in [-0.05, 0) is 81.6 Å². The van der Waals surface area contributed by atoms with E-state index in [4.69, 9.17) is 14.8 Å². The van der Waals surface area contributed by atoms with Crippen LogP contribution in [0.25, 0.3) is 22.5 Å². The smallest absolute Gasteiger partial charge is 0.227 e. The van der Waals surface area contributed by atoms with Crippen molar-refractivity contribution in [3.63, 3.8) is 0 Å². The molecule has 202 valence electrons. The van der Waals surface area contributed by atoms with E-state index in [2.05, 4.69) is 44.5 Å². The molecule has 0 atom stereocenters. The lowest BCUT2D eigenvalue weighted by Crippen LogP contribution is -2.51. The summed E-state index contributed by atoms with van der Waals surface area (Å²) < 4.78 is 7.12. The standard InChI is InChI=1S/C30H35N7O2/c1-30(2,38)20-37-17-26(28(35-37)23-4-3-12-31-16-23)27-9-13-32-29(34-27)33-24-7-5-21(6-8-24)22-10-14-36(15-11-22)25-18-39-19-25/h3-9,12-13,16-17,22,25,38H,10-11,14-15,18-20H2,1-2H3,(H,32,33,34). The zero-order valence-corrected chi connectivity index (χ0v) is 22.5. The van der Waals surface area contributed by atoms with Crippen LogP contribution >= 0.6 is 0 Å². The van der Waals surface area contributed by atoms with Crippen molar-refractivity contribution in [2.24, 2.45) is 0 Å². The number of hydrogen-bond acceptors (Lipinski definition) is 8. The highest BCUT2D eigenvalue weighted by Gasteiger charge is 2.30. The van der Waals surface area contributed by atoms with Gasteiger partial charge in [0.25, 0.3) is 0 Å². The van der Waals surface area contributed by atoms with Crippen LogP contribution in [0, 0.1) is 0 Å². The third-order valence-corrected chi connectivity index (χ3v) is 7.48. The van der Waals surface area contributed by atoms with E-state index in [0.717, 1.165) is 54.5 Å². The number of nitrogens with one attached hydrogen (secondary N) is 1. The molecule has 0 saturated carbocycles. The largest absolute Gasteiger partial charge is 0.389 e. The first-order chi connectivity index (χ1) is 18.9. The Kier molecular flexibility index (Phi) is 7.12. The Morgan fingerprint density at radius 2 is 1.85 bits per heavy atom. The average Bonchev–Trinajstić information content (AvgIpc) is 3.32. The first kappa shape index (κ1) is 25.6. The monoisotopic (exact) mass is 525 g/mol. The van der Waals surface area contributed by atoms with Crippen molar-refractivity contribution in [2.75, 3.05) is 31.6 Å². The Morgan fingerprint density at radius 3 is 2.51 bits per heavy atom. The summed E-state index contributed by atoms with van der Waals surface area (Å²) in [5.74, 6) is 1.12. The van der Waals surface area contributed by atoms with Gasteiger partial charge in [0.05, 0.1) is 37.1 Å². The van der Waals surface area contributed by atoms with E-state index in [9.17, 15) is 5.11 Å². The van der Waals surface area contributed by atoms with Crippen molar-refractivity contribution in [3.8, 4) is 22.5 Å². The molecule has 1 aromatic carbocycles. The normalized spacial score (nSPS) is 17.2. The molecule has 0 spiro atoms. The predicted octanol–water partition coefficient (Wildman–Crippen LogP) is 4.49. The van der Waals surface area contributed by atoms with Crippen LogP contribution in [0.2, 0.25) is 0 Å². The first-order valence-electron chi connectivity index (χ1n) is 13.6. The number of nitrogens with zero attached hydrogens (tertiary/aromatic N) is 6. The van der Waals surface area contributed by atoms with Crippen LogP contribution in [-0.4, -0.2) is 72.7 Å². The van der Waals surface area contributed by atoms with Gasteiger partial charge in [-0.15, -0.1) is 0 Å². The van der Waals surface area contributed by atoms with Crippen LogP contribution in [0.15, 0.2) is 67.3 Å². The van der Waals surface area contributed by atoms with E-state index in [-0.39, 0.29) is 0 Å². The number of rotatable bonds is 8. The van der Waals surface area contributed by atoms with E-state index < -0.39 is 5.60 Å². The molecule has 2 aliphatic rings. The molecule has 2 N–H and O–H groups in total. The Morgan fingerprint density at radius 1 is 1.05 bits per heavy atom. The van der Waals surface area contributed by atoms with Gasteiger partial charge in [0.15, 0.2) is 0 Å². The number of anilines is 2. The Balaban J connectivity index is 1.18. The number of pyridine rings is 1. The van der Waals surface area contributed by atoms with Gasteiger partial charge in [0, 0.05) is 41.6 Å². The fourth-order valence-corrected chi connectivity index (χ4v) is 5.37. The van der Waals surface area contributed by atoms with Gasteiger partial charge in [-0.1, -0.05) is 12.1 Å². The second-order valence-electron chi connectivity index (χ2n) is 11.2. The molecular formula is C30H35N7O2. The number of likely N-dealkylation sites (tertiary alicyclic amines) is 1. The highest BCUT2D eigenvalue weighted by Crippen LogP contribution is 2.32. The summed E-state index contributed by atoms with van der Waals surface area (Å²) in [6.45, 7) is 7.97. The number of aliphatic hydroxyl groups is 1. The summed E-state index contributed by atoms with van der Waals surface area (Å²) in [6, 6.07) is 15.0. The highest BCUT2D eigenvalue weighted by molar-refractivity contribution is 5.78. The molecule has 2 fully saturated rings. The molecular weight excluding hydrogens is 490 g/mol. The van der Waals surface area contributed by atoms with E-state index in [1.54, 1.807) is 37.1 Å². The van der Waals surface area contributed by atoms with Crippen LogP contribution in [0.3, 0.4) is 0 Å². The van der Waals surface area contributed by atoms with Crippen LogP contribution in [0.1, 0.15) is 38.2 Å². The van der Waals surface area contributed by atoms with Crippen molar-refractivity contribution in [2.45, 2.75) is 50.8 Å². The second kappa shape index (κ2) is 10.8. The molecule has 2 saturated heterocycles. The maximum Gasteiger partial charge on any atom is 0.227 e. The molecule has 3 aromatic heterocycles. The molecule has 0 bridgehead atoms. The number of ether oxygens (including phenoxy) is 1. The third-order valence-electron chi connectivity index (χ3n) is 7.48. The zero-order chi connectivity index (χ0) is 26.8. The predicted molar refractivity (Wildman–Crippen MR) is 151 cm³/mol. The van der Waals surface area contributed by atoms with Crippen molar-refractivity contribution in [1.82, 2.24) is 29.6 Å². The second-order valence-corrected chi connectivity index (χ2v) is 11.2. The molecule has 0 aliphatic carbocycles. The minimum Gasteiger partial charge on any atom is -0.389 e. The molecule has 0 unspecified atom stereocenters. The summed E-state index contributed by atoms with van der Waals surface area (Å²) >= 11 is 0. The zero-order valence-electron chi connectivity index (χ0n) is 22.5. The Labute approximate surface area is 228 Å². The summed E-state index contributed by atoms with van der Waals surface area (Å²) in [4.78, 5) is 16.1. The first-order valence-corrected chi connectivity index (χ1v) is 13.6. The SMILES string of the molecule is CC(C)(O)Cn1cc(-c2ccnc(Nc3ccc(C4CCN(C5COC5)CC4)cc3)n2)c(-c2cccnc2)n1. The highest BCUT2D eigenvalue weighted by atomic mass is 16.5. The summed E-state index contributed by atoms with van der Waals surface area (Å²) in [5, 5.41) is 18.5. The lowest BCUT2D eigenvalue weighted by molar-refractivity contribution is -0.0712. The quantitative estimate of drug-likeness (QED) is 0.347. The van der Waals surface area contributed by atoms with Gasteiger partial charge in [0.1, 0.15) is 5.69 Å². The van der Waals surface area contributed by atoms with Crippen LogP contribution < -0.4 is 5.32 Å². The van der Waals surface area contributed by atoms with Crippen molar-refractivity contribution >= 4 is 11.6 Å². The van der Waals surface area contributed by atoms with Gasteiger partial charge >= 0.3 is 0 Å². The molecule has 5 heterocycles. The van der Waals surface area contributed by atoms with Crippen LogP contribution in [0.5, 0.6) is 0 Å². The number of piperidine rings is 1. The van der Waals surface area contributed by atoms with Gasteiger partial charge in [0.2, 0.25) is 5.95 Å². The van der Waals surface area contributed by atoms with Crippen molar-refractivity contribution < 1.29 is 9.84 Å². The number of aromatic nitrogens is 5. The van der Waals surface area contributed by atoms with Gasteiger partial charge in [-0.2, -0.15) is 5.10 Å². The minimum absolute atomic E-state index is 0.358. The van der Waals surface area contributed by atoms with E-state index in [1.807, 2.05) is 24.4 Å². The lowest BCUT2D eigenvalue weighted by Gasteiger charge is -2.41. The lowest BCUT2D eigenvalue weighted by atomic mass is 9.88. The van der Waals surface area contributed by atoms with Gasteiger partial charge in [-0.3, -0.25) is 14.6 Å². The van der Waals surface area contributed by atoms with E-state index in [0.29, 0.717) is 24.5 Å². The summed E-state index contributed by atoms with van der Waals surface area (Å²) in [5.41, 5.74) is 4.68. The number of hydrogen-bond donors (Lipinski definition) is 2. The molecule has 0 amide bonds. The topological polar surface area (TPSA) is 101 Å². The molecule has 2 aliphatic heterocycles. The van der Waals surface area contributed by atoms with Crippen LogP contribution in [-0.2, 0) is 11.3 Å². The fraction of sp³-hybridized carbons (Fsp3) is 0.400. The molecule has 9 nitrogen and oxygen atoms in total. The maximum atomic E-state index is 10.4. The summed E-state index contributed by atoms with van der Waals surface area (Å²) in [7, 11) is 0. The van der Waals surface area contributed by atoms with Crippen molar-refractivity contribution in [1.29, 1.82) is 0 Å². The Bertz CT molecular complexity index is 1390. The summed E-state index contributed by atoms with van der Waals surface area (Å²) in [6.07, 6.45) is 9.57. The maximum absolute atomic E-state index is 10.4. The van der Waals surface area contributed by atoms with Crippen LogP contribution in [0.4, 0.5) is 11.6 Å². The van der Waals surface area contributed by atoms with Gasteiger partial charge < -0.3 is 15.2 Å². The minimum atomic E-state index is -0.900. The third kappa shape index (κ3) is 6.00. The fourth-order valence-electron chi connectivity index (χ4n) is 5.37. The van der Waals surface area contributed by atoms with Gasteiger partial charge in [-0.25, -0.2) is 9.97 Å². The molecule has 39 heavy (non-hydrogen) atoms. The van der Waals surface area contributed by atoms with Crippen molar-refractivity contribution in [3.05, 3.63) is 72.8 Å². The van der Waals surface area contributed by atoms with E-state index in [1.165, 1.54) is 18.4 Å². The number of benzene rings is 1. The average molecular weight is 526 g/mol. The molecule has 4 aromatic rings. The molecule has 0 radical (unpaired) electrons. The molecule has 9 heteroatoms. The van der Waals surface area contributed by atoms with E-state index >= 15 is 0 Å². The Hall–Kier alpha value is -3.66.